The molecule has 8 bridgehead atoms. The van der Waals surface area contributed by atoms with Gasteiger partial charge in [-0.25, -0.2) is 9.97 Å². The quantitative estimate of drug-likeness (QED) is 0.227. The Kier molecular flexibility index (Phi) is 5.53. The zero-order valence-corrected chi connectivity index (χ0v) is 23.0. The molecule has 0 amide bonds. The summed E-state index contributed by atoms with van der Waals surface area (Å²) in [4.78, 5) is 10.0. The fraction of sp³-hybridized carbons (Fsp3) is 0.235. The molecule has 3 aromatic heterocycles. The lowest BCUT2D eigenvalue weighted by molar-refractivity contribution is 0.422. The molecule has 1 aromatic carbocycles. The highest BCUT2D eigenvalue weighted by Gasteiger charge is 2.21. The predicted octanol–water partition coefficient (Wildman–Crippen LogP) is 8.78. The second kappa shape index (κ2) is 8.70. The second-order valence-corrected chi connectivity index (χ2v) is 12.1. The minimum atomic E-state index is -0.152. The van der Waals surface area contributed by atoms with Crippen molar-refractivity contribution in [3.05, 3.63) is 95.6 Å². The summed E-state index contributed by atoms with van der Waals surface area (Å²) in [5.41, 5.74) is 10.5. The van der Waals surface area contributed by atoms with E-state index in [4.69, 9.17) is 9.97 Å². The van der Waals surface area contributed by atoms with Crippen LogP contribution in [0.3, 0.4) is 0 Å². The van der Waals surface area contributed by atoms with Gasteiger partial charge in [0, 0.05) is 33.2 Å². The average Bonchev–Trinajstić information content (AvgIpc) is 3.62. The van der Waals surface area contributed by atoms with E-state index in [9.17, 15) is 0 Å². The molecule has 0 fully saturated rings. The summed E-state index contributed by atoms with van der Waals surface area (Å²) in [7, 11) is 0. The number of aromatic nitrogens is 4. The van der Waals surface area contributed by atoms with Gasteiger partial charge < -0.3 is 9.13 Å². The van der Waals surface area contributed by atoms with E-state index in [1.165, 1.54) is 11.1 Å². The molecule has 4 heteroatoms. The van der Waals surface area contributed by atoms with Crippen LogP contribution < -0.4 is 0 Å². The SMILES string of the molecule is CC(C)(C)n1c2ccc1cc1nc(cc3c(-c4ccccc4)cc(cc4nc(c2)C=C4)n3C(C)(C)C)C=C1. The van der Waals surface area contributed by atoms with Gasteiger partial charge in [0.1, 0.15) is 0 Å². The Morgan fingerprint density at radius 3 is 1.47 bits per heavy atom. The number of hydrogen-bond acceptors (Lipinski definition) is 2. The molecule has 5 heterocycles. The number of nitrogens with zero attached hydrogens (tertiary/aromatic N) is 4. The van der Waals surface area contributed by atoms with E-state index in [0.717, 1.165) is 44.8 Å². The Hall–Kier alpha value is -4.18. The van der Waals surface area contributed by atoms with Crippen LogP contribution in [0.1, 0.15) is 64.3 Å². The van der Waals surface area contributed by atoms with E-state index in [1.807, 2.05) is 0 Å². The maximum atomic E-state index is 5.03. The molecule has 0 saturated heterocycles. The first-order chi connectivity index (χ1) is 18.1. The molecule has 0 N–H and O–H groups in total. The molecule has 0 radical (unpaired) electrons. The van der Waals surface area contributed by atoms with Crippen LogP contribution >= 0.6 is 0 Å². The molecule has 2 aliphatic heterocycles. The highest BCUT2D eigenvalue weighted by atomic mass is 15.1. The van der Waals surface area contributed by atoms with E-state index < -0.39 is 0 Å². The van der Waals surface area contributed by atoms with Gasteiger partial charge in [-0.2, -0.15) is 0 Å². The van der Waals surface area contributed by atoms with E-state index >= 15 is 0 Å². The summed E-state index contributed by atoms with van der Waals surface area (Å²) >= 11 is 0. The lowest BCUT2D eigenvalue weighted by atomic mass is 10.1. The van der Waals surface area contributed by atoms with E-state index in [0.29, 0.717) is 0 Å². The van der Waals surface area contributed by atoms with E-state index in [1.54, 1.807) is 0 Å². The van der Waals surface area contributed by atoms with Crippen LogP contribution in [0.4, 0.5) is 0 Å². The van der Waals surface area contributed by atoms with Gasteiger partial charge in [0.05, 0.1) is 28.3 Å². The van der Waals surface area contributed by atoms with Crippen molar-refractivity contribution in [3.63, 3.8) is 0 Å². The molecule has 2 aliphatic rings. The summed E-state index contributed by atoms with van der Waals surface area (Å²) in [6.07, 6.45) is 8.44. The van der Waals surface area contributed by atoms with Crippen molar-refractivity contribution < 1.29 is 0 Å². The van der Waals surface area contributed by atoms with Crippen LogP contribution in [0.15, 0.2) is 72.8 Å². The van der Waals surface area contributed by atoms with E-state index in [-0.39, 0.29) is 11.1 Å². The fourth-order valence-corrected chi connectivity index (χ4v) is 5.57. The molecule has 0 spiro atoms. The first kappa shape index (κ1) is 24.2. The van der Waals surface area contributed by atoms with Gasteiger partial charge in [-0.05, 0) is 114 Å². The van der Waals surface area contributed by atoms with Crippen molar-refractivity contribution in [1.82, 2.24) is 19.1 Å². The van der Waals surface area contributed by atoms with Crippen LogP contribution in [-0.2, 0) is 11.1 Å². The Balaban J connectivity index is 1.78. The Labute approximate surface area is 224 Å². The molecular weight excluding hydrogens is 464 g/mol. The normalized spacial score (nSPS) is 13.3. The molecule has 4 nitrogen and oxygen atoms in total. The maximum Gasteiger partial charge on any atom is 0.0658 e. The molecule has 38 heavy (non-hydrogen) atoms. The average molecular weight is 499 g/mol. The third-order valence-electron chi connectivity index (χ3n) is 6.97. The molecule has 0 aliphatic carbocycles. The molecule has 6 rings (SSSR count). The highest BCUT2D eigenvalue weighted by Crippen LogP contribution is 2.34. The van der Waals surface area contributed by atoms with Crippen molar-refractivity contribution in [2.75, 3.05) is 0 Å². The molecule has 4 aromatic rings. The monoisotopic (exact) mass is 498 g/mol. The molecular formula is C34H34N4. The van der Waals surface area contributed by atoms with Crippen LogP contribution in [0.2, 0.25) is 0 Å². The van der Waals surface area contributed by atoms with Gasteiger partial charge >= 0.3 is 0 Å². The Morgan fingerprint density at radius 1 is 0.500 bits per heavy atom. The zero-order chi connectivity index (χ0) is 26.7. The van der Waals surface area contributed by atoms with Crippen LogP contribution in [-0.4, -0.2) is 19.1 Å². The summed E-state index contributed by atoms with van der Waals surface area (Å²) < 4.78 is 4.77. The number of rotatable bonds is 1. The smallest absolute Gasteiger partial charge is 0.0658 e. The zero-order valence-electron chi connectivity index (χ0n) is 23.0. The first-order valence-corrected chi connectivity index (χ1v) is 13.3. The summed E-state index contributed by atoms with van der Waals surface area (Å²) in [5, 5.41) is 0. The largest absolute Gasteiger partial charge is 0.336 e. The summed E-state index contributed by atoms with van der Waals surface area (Å²) in [5.74, 6) is 0. The number of fused-ring (bicyclic) bond motifs is 8. The van der Waals surface area contributed by atoms with E-state index in [2.05, 4.69) is 148 Å². The Bertz CT molecular complexity index is 1770. The van der Waals surface area contributed by atoms with Crippen molar-refractivity contribution in [2.45, 2.75) is 52.6 Å². The minimum absolute atomic E-state index is 0.0950. The minimum Gasteiger partial charge on any atom is -0.336 e. The first-order valence-electron chi connectivity index (χ1n) is 13.3. The van der Waals surface area contributed by atoms with Crippen LogP contribution in [0.5, 0.6) is 0 Å². The lowest BCUT2D eigenvalue weighted by Crippen LogP contribution is -2.21. The second-order valence-electron chi connectivity index (χ2n) is 12.1. The van der Waals surface area contributed by atoms with Gasteiger partial charge in [-0.15, -0.1) is 0 Å². The van der Waals surface area contributed by atoms with Crippen LogP contribution in [0, 0.1) is 0 Å². The number of hydrogen-bond donors (Lipinski definition) is 0. The van der Waals surface area contributed by atoms with Crippen molar-refractivity contribution in [1.29, 1.82) is 0 Å². The van der Waals surface area contributed by atoms with Crippen molar-refractivity contribution in [2.24, 2.45) is 0 Å². The predicted molar refractivity (Wildman–Crippen MR) is 162 cm³/mol. The van der Waals surface area contributed by atoms with Gasteiger partial charge in [-0.1, -0.05) is 30.3 Å². The molecule has 190 valence electrons. The molecule has 0 unspecified atom stereocenters. The topological polar surface area (TPSA) is 35.6 Å². The maximum absolute atomic E-state index is 5.03. The third kappa shape index (κ3) is 4.41. The summed E-state index contributed by atoms with van der Waals surface area (Å²) in [6.45, 7) is 13.5. The van der Waals surface area contributed by atoms with Crippen molar-refractivity contribution in [3.8, 4) is 11.1 Å². The molecule has 0 atom stereocenters. The Morgan fingerprint density at radius 2 is 0.974 bits per heavy atom. The lowest BCUT2D eigenvalue weighted by Gasteiger charge is -2.24. The van der Waals surface area contributed by atoms with Gasteiger partial charge in [0.15, 0.2) is 0 Å². The highest BCUT2D eigenvalue weighted by molar-refractivity contribution is 5.89. The fourth-order valence-electron chi connectivity index (χ4n) is 5.57. The number of benzene rings is 1. The van der Waals surface area contributed by atoms with Crippen molar-refractivity contribution >= 4 is 46.4 Å². The van der Waals surface area contributed by atoms with Gasteiger partial charge in [-0.3, -0.25) is 0 Å². The van der Waals surface area contributed by atoms with Gasteiger partial charge in [0.2, 0.25) is 0 Å². The van der Waals surface area contributed by atoms with Gasteiger partial charge in [0.25, 0.3) is 0 Å². The van der Waals surface area contributed by atoms with Crippen LogP contribution in [0.25, 0.3) is 57.5 Å². The molecule has 0 saturated carbocycles. The third-order valence-corrected chi connectivity index (χ3v) is 6.97. The summed E-state index contributed by atoms with van der Waals surface area (Å²) in [6, 6.07) is 26.0. The standard InChI is InChI=1S/C34H34N4/c1-33(2,3)37-28-16-17-29(37)19-25-14-15-27(36-25)21-32-31(23-10-8-7-9-11-23)22-30(38(32)34(4,5)6)20-26-13-12-24(18-28)35-26/h7-22H,1-6H3.